The molecule has 21 heavy (non-hydrogen) atoms. The number of hydrogen-bond acceptors (Lipinski definition) is 4. The fourth-order valence-electron chi connectivity index (χ4n) is 1.64. The zero-order chi connectivity index (χ0) is 15.7. The third-order valence-electron chi connectivity index (χ3n) is 2.87. The van der Waals surface area contributed by atoms with Crippen LogP contribution in [0.4, 0.5) is 0 Å². The third-order valence-corrected chi connectivity index (χ3v) is 2.87. The van der Waals surface area contributed by atoms with Crippen molar-refractivity contribution in [2.24, 2.45) is 0 Å². The maximum Gasteiger partial charge on any atom is 0.269 e. The van der Waals surface area contributed by atoms with E-state index in [9.17, 15) is 9.59 Å². The van der Waals surface area contributed by atoms with Crippen LogP contribution >= 0.6 is 0 Å². The van der Waals surface area contributed by atoms with Crippen LogP contribution < -0.4 is 10.6 Å². The van der Waals surface area contributed by atoms with Gasteiger partial charge in [-0.2, -0.15) is 0 Å². The summed E-state index contributed by atoms with van der Waals surface area (Å²) in [6.07, 6.45) is 1.94. The Morgan fingerprint density at radius 3 is 2.19 bits per heavy atom. The van der Waals surface area contributed by atoms with Gasteiger partial charge >= 0.3 is 0 Å². The molecule has 1 rings (SSSR count). The van der Waals surface area contributed by atoms with Gasteiger partial charge in [0.1, 0.15) is 11.4 Å². The van der Waals surface area contributed by atoms with Crippen molar-refractivity contribution in [3.8, 4) is 0 Å². The van der Waals surface area contributed by atoms with Gasteiger partial charge in [0.05, 0.1) is 0 Å². The largest absolute Gasteiger partial charge is 0.351 e. The number of likely N-dealkylation sites (N-methyl/N-ethyl adjacent to an activating group) is 1. The van der Waals surface area contributed by atoms with Crippen molar-refractivity contribution in [2.45, 2.75) is 19.8 Å². The minimum atomic E-state index is -0.264. The SMILES string of the molecule is CCCCNC(=O)c1cccc(C(=O)NCCN(C)C)n1. The van der Waals surface area contributed by atoms with E-state index >= 15 is 0 Å². The number of hydrogen-bond donors (Lipinski definition) is 2. The van der Waals surface area contributed by atoms with Gasteiger partial charge in [-0.15, -0.1) is 0 Å². The molecule has 0 spiro atoms. The lowest BCUT2D eigenvalue weighted by molar-refractivity contribution is 0.0943. The fourth-order valence-corrected chi connectivity index (χ4v) is 1.64. The number of aromatic nitrogens is 1. The summed E-state index contributed by atoms with van der Waals surface area (Å²) >= 11 is 0. The highest BCUT2D eigenvalue weighted by Crippen LogP contribution is 2.00. The number of pyridine rings is 1. The van der Waals surface area contributed by atoms with Crippen LogP contribution in [0.3, 0.4) is 0 Å². The fraction of sp³-hybridized carbons (Fsp3) is 0.533. The van der Waals surface area contributed by atoms with Crippen molar-refractivity contribution in [1.29, 1.82) is 0 Å². The summed E-state index contributed by atoms with van der Waals surface area (Å²) in [6, 6.07) is 4.88. The van der Waals surface area contributed by atoms with Crippen molar-refractivity contribution in [1.82, 2.24) is 20.5 Å². The van der Waals surface area contributed by atoms with Gasteiger partial charge in [-0.3, -0.25) is 9.59 Å². The zero-order valence-electron chi connectivity index (χ0n) is 13.0. The van der Waals surface area contributed by atoms with Crippen LogP contribution in [0.1, 0.15) is 40.7 Å². The highest BCUT2D eigenvalue weighted by Gasteiger charge is 2.11. The molecule has 0 aromatic carbocycles. The van der Waals surface area contributed by atoms with E-state index in [1.807, 2.05) is 19.0 Å². The summed E-state index contributed by atoms with van der Waals surface area (Å²) in [5.41, 5.74) is 0.531. The number of nitrogens with zero attached hydrogens (tertiary/aromatic N) is 2. The summed E-state index contributed by atoms with van der Waals surface area (Å²) in [5, 5.41) is 5.56. The third kappa shape index (κ3) is 6.35. The summed E-state index contributed by atoms with van der Waals surface area (Å²) in [7, 11) is 3.87. The normalized spacial score (nSPS) is 10.5. The van der Waals surface area contributed by atoms with Gasteiger partial charge in [0.2, 0.25) is 0 Å². The van der Waals surface area contributed by atoms with E-state index in [1.165, 1.54) is 0 Å². The van der Waals surface area contributed by atoms with E-state index in [0.29, 0.717) is 13.1 Å². The van der Waals surface area contributed by atoms with Crippen LogP contribution in [0, 0.1) is 0 Å². The minimum Gasteiger partial charge on any atom is -0.351 e. The van der Waals surface area contributed by atoms with Gasteiger partial charge in [0.25, 0.3) is 11.8 Å². The molecule has 1 aromatic heterocycles. The molecule has 0 unspecified atom stereocenters. The molecular weight excluding hydrogens is 268 g/mol. The maximum atomic E-state index is 11.9. The maximum absolute atomic E-state index is 11.9. The molecule has 2 N–H and O–H groups in total. The summed E-state index contributed by atoms with van der Waals surface area (Å²) in [5.74, 6) is -0.508. The van der Waals surface area contributed by atoms with Crippen molar-refractivity contribution in [3.63, 3.8) is 0 Å². The molecule has 0 bridgehead atoms. The highest BCUT2D eigenvalue weighted by atomic mass is 16.2. The average molecular weight is 292 g/mol. The van der Waals surface area contributed by atoms with Crippen LogP contribution in [0.25, 0.3) is 0 Å². The Labute approximate surface area is 125 Å². The second kappa shape index (κ2) is 9.07. The van der Waals surface area contributed by atoms with E-state index < -0.39 is 0 Å². The lowest BCUT2D eigenvalue weighted by Gasteiger charge is -2.10. The second-order valence-corrected chi connectivity index (χ2v) is 5.08. The Morgan fingerprint density at radius 2 is 1.67 bits per heavy atom. The quantitative estimate of drug-likeness (QED) is 0.698. The Balaban J connectivity index is 2.58. The first-order valence-corrected chi connectivity index (χ1v) is 7.22. The van der Waals surface area contributed by atoms with Crippen molar-refractivity contribution in [2.75, 3.05) is 33.7 Å². The van der Waals surface area contributed by atoms with Gasteiger partial charge in [-0.1, -0.05) is 19.4 Å². The molecule has 6 nitrogen and oxygen atoms in total. The number of nitrogens with one attached hydrogen (secondary N) is 2. The molecule has 1 heterocycles. The Hall–Kier alpha value is -1.95. The number of carbonyl (C=O) groups is 2. The van der Waals surface area contributed by atoms with Crippen LogP contribution in [0.2, 0.25) is 0 Å². The topological polar surface area (TPSA) is 74.3 Å². The lowest BCUT2D eigenvalue weighted by Crippen LogP contribution is -2.32. The molecule has 116 valence electrons. The average Bonchev–Trinajstić information content (AvgIpc) is 2.47. The molecular formula is C15H24N4O2. The lowest BCUT2D eigenvalue weighted by atomic mass is 10.2. The van der Waals surface area contributed by atoms with Crippen LogP contribution in [-0.2, 0) is 0 Å². The van der Waals surface area contributed by atoms with Crippen molar-refractivity contribution in [3.05, 3.63) is 29.6 Å². The van der Waals surface area contributed by atoms with Crippen LogP contribution in [0.5, 0.6) is 0 Å². The van der Waals surface area contributed by atoms with E-state index in [2.05, 4.69) is 22.5 Å². The first-order chi connectivity index (χ1) is 10.0. The Morgan fingerprint density at radius 1 is 1.10 bits per heavy atom. The molecule has 0 fully saturated rings. The highest BCUT2D eigenvalue weighted by molar-refractivity contribution is 5.96. The van der Waals surface area contributed by atoms with E-state index in [-0.39, 0.29) is 23.2 Å². The van der Waals surface area contributed by atoms with Gasteiger partial charge in [0.15, 0.2) is 0 Å². The standard InChI is InChI=1S/C15H24N4O2/c1-4-5-9-16-14(20)12-7-6-8-13(18-12)15(21)17-10-11-19(2)3/h6-8H,4-5,9-11H2,1-3H3,(H,16,20)(H,17,21). The Bertz CT molecular complexity index is 474. The predicted octanol–water partition coefficient (Wildman–Crippen LogP) is 0.903. The number of unbranched alkanes of at least 4 members (excludes halogenated alkanes) is 1. The smallest absolute Gasteiger partial charge is 0.269 e. The molecule has 2 amide bonds. The first-order valence-electron chi connectivity index (χ1n) is 7.22. The predicted molar refractivity (Wildman–Crippen MR) is 82.4 cm³/mol. The van der Waals surface area contributed by atoms with Crippen LogP contribution in [0.15, 0.2) is 18.2 Å². The molecule has 0 atom stereocenters. The van der Waals surface area contributed by atoms with Crippen LogP contribution in [-0.4, -0.2) is 55.4 Å². The molecule has 0 saturated heterocycles. The van der Waals surface area contributed by atoms with Gasteiger partial charge in [-0.25, -0.2) is 4.98 Å². The number of carbonyl (C=O) groups excluding carboxylic acids is 2. The minimum absolute atomic E-state index is 0.244. The molecule has 0 aliphatic rings. The monoisotopic (exact) mass is 292 g/mol. The zero-order valence-corrected chi connectivity index (χ0v) is 13.0. The van der Waals surface area contributed by atoms with Gasteiger partial charge in [0, 0.05) is 19.6 Å². The molecule has 0 radical (unpaired) electrons. The van der Waals surface area contributed by atoms with Crippen molar-refractivity contribution >= 4 is 11.8 Å². The molecule has 1 aromatic rings. The summed E-state index contributed by atoms with van der Waals surface area (Å²) in [6.45, 7) is 3.97. The number of amides is 2. The molecule has 6 heteroatoms. The van der Waals surface area contributed by atoms with Crippen molar-refractivity contribution < 1.29 is 9.59 Å². The molecule has 0 saturated carbocycles. The molecule has 0 aliphatic carbocycles. The first kappa shape index (κ1) is 17.1. The second-order valence-electron chi connectivity index (χ2n) is 5.08. The van der Waals surface area contributed by atoms with Gasteiger partial charge in [-0.05, 0) is 32.6 Å². The number of rotatable bonds is 8. The summed E-state index contributed by atoms with van der Waals surface area (Å²) < 4.78 is 0. The summed E-state index contributed by atoms with van der Waals surface area (Å²) in [4.78, 5) is 29.9. The van der Waals surface area contributed by atoms with E-state index in [4.69, 9.17) is 0 Å². The Kier molecular flexibility index (Phi) is 7.39. The van der Waals surface area contributed by atoms with E-state index in [1.54, 1.807) is 18.2 Å². The molecule has 0 aliphatic heterocycles. The van der Waals surface area contributed by atoms with Gasteiger partial charge < -0.3 is 15.5 Å². The van der Waals surface area contributed by atoms with E-state index in [0.717, 1.165) is 19.4 Å².